The number of hydrogen-bond donors (Lipinski definition) is 2. The topological polar surface area (TPSA) is 75.6 Å². The zero-order valence-electron chi connectivity index (χ0n) is 12.7. The Bertz CT molecular complexity index is 711. The van der Waals surface area contributed by atoms with E-state index in [9.17, 15) is 9.59 Å². The average molecular weight is 312 g/mol. The molecule has 3 rings (SSSR count). The Balaban J connectivity index is 1.76. The molecule has 0 fully saturated rings. The van der Waals surface area contributed by atoms with Gasteiger partial charge in [-0.2, -0.15) is 0 Å². The summed E-state index contributed by atoms with van der Waals surface area (Å²) in [5.41, 5.74) is 4.53. The Hall–Kier alpha value is -2.82. The molecule has 5 heteroatoms. The number of aliphatic carboxylic acids is 1. The van der Waals surface area contributed by atoms with Gasteiger partial charge in [0.15, 0.2) is 0 Å². The lowest BCUT2D eigenvalue weighted by Crippen LogP contribution is -2.39. The van der Waals surface area contributed by atoms with Crippen LogP contribution in [0.5, 0.6) is 0 Å². The van der Waals surface area contributed by atoms with Crippen molar-refractivity contribution in [3.05, 3.63) is 59.7 Å². The largest absolute Gasteiger partial charge is 0.480 e. The molecule has 1 amide bonds. The van der Waals surface area contributed by atoms with Crippen molar-refractivity contribution < 1.29 is 19.4 Å². The van der Waals surface area contributed by atoms with Crippen molar-refractivity contribution in [1.29, 1.82) is 0 Å². The molecule has 1 unspecified atom stereocenters. The van der Waals surface area contributed by atoms with Gasteiger partial charge in [0.25, 0.3) is 0 Å². The first-order valence-corrected chi connectivity index (χ1v) is 7.42. The lowest BCUT2D eigenvalue weighted by molar-refractivity contribution is -0.138. The predicted molar refractivity (Wildman–Crippen MR) is 85.3 cm³/mol. The molecule has 0 heterocycles. The van der Waals surface area contributed by atoms with E-state index in [1.54, 1.807) is 0 Å². The van der Waals surface area contributed by atoms with E-state index in [1.165, 1.54) is 6.92 Å². The lowest BCUT2D eigenvalue weighted by atomic mass is 9.98. The molecule has 118 valence electrons. The summed E-state index contributed by atoms with van der Waals surface area (Å²) in [5, 5.41) is 11.1. The third-order valence-electron chi connectivity index (χ3n) is 4.05. The molecule has 5 nitrogen and oxygen atoms in total. The smallest absolute Gasteiger partial charge is 0.407 e. The predicted octanol–water partition coefficient (Wildman–Crippen LogP) is 3.00. The fraction of sp³-hybridized carbons (Fsp3) is 0.222. The van der Waals surface area contributed by atoms with E-state index >= 15 is 0 Å². The van der Waals surface area contributed by atoms with Crippen LogP contribution in [0.25, 0.3) is 11.1 Å². The molecule has 2 N–H and O–H groups in total. The summed E-state index contributed by atoms with van der Waals surface area (Å²) < 4.78 is 5.25. The fourth-order valence-electron chi connectivity index (χ4n) is 2.88. The van der Waals surface area contributed by atoms with E-state index in [0.717, 1.165) is 22.3 Å². The van der Waals surface area contributed by atoms with Gasteiger partial charge >= 0.3 is 12.1 Å². The molecule has 0 aliphatic heterocycles. The molecule has 0 saturated carbocycles. The van der Waals surface area contributed by atoms with Crippen LogP contribution in [0.3, 0.4) is 0 Å². The summed E-state index contributed by atoms with van der Waals surface area (Å²) in [6, 6.07) is 15.1. The lowest BCUT2D eigenvalue weighted by Gasteiger charge is -2.15. The number of carbonyl (C=O) groups excluding carboxylic acids is 1. The van der Waals surface area contributed by atoms with Gasteiger partial charge in [0.05, 0.1) is 0 Å². The highest BCUT2D eigenvalue weighted by molar-refractivity contribution is 5.80. The first kappa shape index (κ1) is 15.1. The van der Waals surface area contributed by atoms with Gasteiger partial charge < -0.3 is 15.2 Å². The molecule has 0 saturated heterocycles. The Labute approximate surface area is 133 Å². The molecule has 2 aromatic carbocycles. The zero-order chi connectivity index (χ0) is 16.4. The Morgan fingerprint density at radius 2 is 1.61 bits per heavy atom. The van der Waals surface area contributed by atoms with Gasteiger partial charge in [-0.3, -0.25) is 4.79 Å². The van der Waals surface area contributed by atoms with Crippen LogP contribution in [0, 0.1) is 0 Å². The van der Waals surface area contributed by atoms with E-state index in [-0.39, 0.29) is 12.5 Å². The Morgan fingerprint density at radius 3 is 2.13 bits per heavy atom. The first-order chi connectivity index (χ1) is 11.1. The second kappa shape index (κ2) is 6.12. The van der Waals surface area contributed by atoms with Gasteiger partial charge in [0.1, 0.15) is 12.6 Å². The van der Waals surface area contributed by atoms with Crippen LogP contribution in [0.1, 0.15) is 24.0 Å². The quantitative estimate of drug-likeness (QED) is 0.851. The van der Waals surface area contributed by atoms with E-state index in [2.05, 4.69) is 17.4 Å². The minimum Gasteiger partial charge on any atom is -0.480 e. The second-order valence-electron chi connectivity index (χ2n) is 5.53. The molecular weight excluding hydrogens is 295 g/mol. The maximum Gasteiger partial charge on any atom is 0.407 e. The van der Waals surface area contributed by atoms with Crippen molar-refractivity contribution in [2.75, 3.05) is 6.61 Å². The van der Waals surface area contributed by atoms with Crippen molar-refractivity contribution in [3.8, 4) is 11.1 Å². The third kappa shape index (κ3) is 2.90. The van der Waals surface area contributed by atoms with Gasteiger partial charge in [-0.15, -0.1) is 0 Å². The van der Waals surface area contributed by atoms with Crippen LogP contribution in [0.15, 0.2) is 48.5 Å². The highest BCUT2D eigenvalue weighted by atomic mass is 16.5. The van der Waals surface area contributed by atoms with Gasteiger partial charge in [0.2, 0.25) is 0 Å². The maximum atomic E-state index is 11.7. The number of nitrogens with one attached hydrogen (secondary N) is 1. The SMILES string of the molecule is [13CH3]C(NC(=O)OCC1c2ccccc2-c2ccccc21)C(=O)O. The number of rotatable bonds is 4. The highest BCUT2D eigenvalue weighted by Gasteiger charge is 2.29. The molecule has 1 aliphatic rings. The second-order valence-corrected chi connectivity index (χ2v) is 5.53. The van der Waals surface area contributed by atoms with Crippen LogP contribution in [0.2, 0.25) is 0 Å². The number of carbonyl (C=O) groups is 2. The summed E-state index contributed by atoms with van der Waals surface area (Å²) >= 11 is 0. The number of amides is 1. The van der Waals surface area contributed by atoms with Crippen molar-refractivity contribution in [2.24, 2.45) is 0 Å². The number of carboxylic acids is 1. The number of ether oxygens (including phenoxy) is 1. The number of carboxylic acid groups (broad SMARTS) is 1. The normalized spacial score (nSPS) is 13.8. The number of hydrogen-bond acceptors (Lipinski definition) is 3. The summed E-state index contributed by atoms with van der Waals surface area (Å²) in [4.78, 5) is 22.5. The van der Waals surface area contributed by atoms with Crippen LogP contribution in [0.4, 0.5) is 4.79 Å². The highest BCUT2D eigenvalue weighted by Crippen LogP contribution is 2.44. The van der Waals surface area contributed by atoms with Crippen molar-refractivity contribution in [3.63, 3.8) is 0 Å². The van der Waals surface area contributed by atoms with Gasteiger partial charge in [0, 0.05) is 5.92 Å². The molecule has 1 atom stereocenters. The number of alkyl carbamates (subject to hydrolysis) is 1. The van der Waals surface area contributed by atoms with Crippen LogP contribution >= 0.6 is 0 Å². The number of fused-ring (bicyclic) bond motifs is 3. The molecule has 23 heavy (non-hydrogen) atoms. The van der Waals surface area contributed by atoms with Crippen LogP contribution in [-0.2, 0) is 9.53 Å². The van der Waals surface area contributed by atoms with E-state index < -0.39 is 18.1 Å². The van der Waals surface area contributed by atoms with Crippen molar-refractivity contribution in [1.82, 2.24) is 5.32 Å². The summed E-state index contributed by atoms with van der Waals surface area (Å²) in [6.45, 7) is 1.57. The third-order valence-corrected chi connectivity index (χ3v) is 4.05. The molecule has 1 aliphatic carbocycles. The van der Waals surface area contributed by atoms with E-state index in [0.29, 0.717) is 0 Å². The first-order valence-electron chi connectivity index (χ1n) is 7.42. The van der Waals surface area contributed by atoms with Crippen LogP contribution in [-0.4, -0.2) is 29.8 Å². The maximum absolute atomic E-state index is 11.7. The fourth-order valence-corrected chi connectivity index (χ4v) is 2.88. The monoisotopic (exact) mass is 312 g/mol. The minimum absolute atomic E-state index is 0.0340. The van der Waals surface area contributed by atoms with Gasteiger partial charge in [-0.1, -0.05) is 48.5 Å². The molecule has 0 bridgehead atoms. The van der Waals surface area contributed by atoms with Gasteiger partial charge in [-0.25, -0.2) is 4.79 Å². The Kier molecular flexibility index (Phi) is 4.02. The number of benzene rings is 2. The standard InChI is InChI=1S/C18H17NO4/c1-11(17(20)21)19-18(22)23-10-16-14-8-4-2-6-12(14)13-7-3-5-9-15(13)16/h2-9,11,16H,10H2,1H3,(H,19,22)(H,20,21)/i1+1. The Morgan fingerprint density at radius 1 is 1.09 bits per heavy atom. The van der Waals surface area contributed by atoms with Crippen molar-refractivity contribution in [2.45, 2.75) is 18.9 Å². The molecule has 0 aromatic heterocycles. The van der Waals surface area contributed by atoms with E-state index in [1.807, 2.05) is 36.4 Å². The molecule has 0 radical (unpaired) electrons. The molecule has 0 spiro atoms. The summed E-state index contributed by atoms with van der Waals surface area (Å²) in [5.74, 6) is -1.13. The summed E-state index contributed by atoms with van der Waals surface area (Å²) in [6.07, 6.45) is -0.721. The summed E-state index contributed by atoms with van der Waals surface area (Å²) in [7, 11) is 0. The molecule has 2 aromatic rings. The average Bonchev–Trinajstić information content (AvgIpc) is 2.87. The molecular formula is C18H17NO4. The van der Waals surface area contributed by atoms with E-state index in [4.69, 9.17) is 9.84 Å². The van der Waals surface area contributed by atoms with Crippen LogP contribution < -0.4 is 5.32 Å². The zero-order valence-corrected chi connectivity index (χ0v) is 12.7. The minimum atomic E-state index is -1.10. The van der Waals surface area contributed by atoms with Gasteiger partial charge in [-0.05, 0) is 29.2 Å². The van der Waals surface area contributed by atoms with Crippen molar-refractivity contribution >= 4 is 12.1 Å².